The molecule has 2 heterocycles. The molecule has 3 rings (SSSR count). The number of carbonyl (C=O) groups excluding carboxylic acids is 3. The Morgan fingerprint density at radius 2 is 1.93 bits per heavy atom. The smallest absolute Gasteiger partial charge is 0.338 e. The number of nitrogens with one attached hydrogen (secondary N) is 1. The van der Waals surface area contributed by atoms with Crippen LogP contribution in [0, 0.1) is 6.92 Å². The van der Waals surface area contributed by atoms with Gasteiger partial charge < -0.3 is 18.6 Å². The summed E-state index contributed by atoms with van der Waals surface area (Å²) < 4.78 is 16.8. The van der Waals surface area contributed by atoms with E-state index in [1.165, 1.54) is 12.1 Å². The lowest BCUT2D eigenvalue weighted by Gasteiger charge is -2.07. The molecule has 29 heavy (non-hydrogen) atoms. The van der Waals surface area contributed by atoms with E-state index in [1.54, 1.807) is 49.0 Å². The fourth-order valence-electron chi connectivity index (χ4n) is 2.37. The Morgan fingerprint density at radius 3 is 2.55 bits per heavy atom. The maximum absolute atomic E-state index is 12.0. The molecule has 0 atom stereocenters. The summed E-state index contributed by atoms with van der Waals surface area (Å²) in [7, 11) is 1.68. The lowest BCUT2D eigenvalue weighted by Crippen LogP contribution is -2.35. The van der Waals surface area contributed by atoms with Gasteiger partial charge in [0.25, 0.3) is 11.8 Å². The van der Waals surface area contributed by atoms with Crippen molar-refractivity contribution in [2.75, 3.05) is 6.61 Å². The summed E-state index contributed by atoms with van der Waals surface area (Å²) in [5, 5.41) is 5.87. The normalized spacial score (nSPS) is 10.4. The molecular formula is C19H18N4O6. The van der Waals surface area contributed by atoms with Crippen LogP contribution in [0.5, 0.6) is 5.75 Å². The Balaban J connectivity index is 1.45. The molecule has 2 aromatic heterocycles. The molecular weight excluding hydrogens is 380 g/mol. The van der Waals surface area contributed by atoms with E-state index in [9.17, 15) is 14.4 Å². The standard InChI is InChI=1S/C19H18N4O6/c1-12-20-16(22-29-12)10-27-14-7-5-13(6-8-14)19(26)28-11-17(24)21-18(25)15-4-3-9-23(15)2/h3-9H,10-11H2,1-2H3,(H,21,24,25). The number of hydrogen-bond donors (Lipinski definition) is 1. The van der Waals surface area contributed by atoms with E-state index in [4.69, 9.17) is 14.0 Å². The minimum atomic E-state index is -0.722. The summed E-state index contributed by atoms with van der Waals surface area (Å²) in [6.07, 6.45) is 1.68. The van der Waals surface area contributed by atoms with Crippen LogP contribution in [0.25, 0.3) is 0 Å². The second kappa shape index (κ2) is 8.83. The van der Waals surface area contributed by atoms with Crippen LogP contribution in [0.2, 0.25) is 0 Å². The number of nitrogens with zero attached hydrogens (tertiary/aromatic N) is 3. The molecule has 0 fully saturated rings. The van der Waals surface area contributed by atoms with Gasteiger partial charge in [0, 0.05) is 20.2 Å². The first-order chi connectivity index (χ1) is 13.9. The number of ether oxygens (including phenoxy) is 2. The van der Waals surface area contributed by atoms with Crippen LogP contribution in [-0.4, -0.2) is 39.1 Å². The van der Waals surface area contributed by atoms with Gasteiger partial charge in [-0.25, -0.2) is 4.79 Å². The monoisotopic (exact) mass is 398 g/mol. The number of hydrogen-bond acceptors (Lipinski definition) is 8. The highest BCUT2D eigenvalue weighted by molar-refractivity contribution is 6.04. The van der Waals surface area contributed by atoms with E-state index >= 15 is 0 Å². The van der Waals surface area contributed by atoms with E-state index < -0.39 is 24.4 Å². The van der Waals surface area contributed by atoms with Crippen LogP contribution in [-0.2, 0) is 23.2 Å². The van der Waals surface area contributed by atoms with Crippen molar-refractivity contribution in [3.05, 3.63) is 65.6 Å². The van der Waals surface area contributed by atoms with Crippen molar-refractivity contribution < 1.29 is 28.4 Å². The topological polar surface area (TPSA) is 126 Å². The third kappa shape index (κ3) is 5.28. The van der Waals surface area contributed by atoms with Crippen LogP contribution < -0.4 is 10.1 Å². The number of benzene rings is 1. The summed E-state index contributed by atoms with van der Waals surface area (Å²) >= 11 is 0. The minimum absolute atomic E-state index is 0.122. The zero-order valence-electron chi connectivity index (χ0n) is 15.7. The van der Waals surface area contributed by atoms with Gasteiger partial charge in [-0.15, -0.1) is 0 Å². The number of carbonyl (C=O) groups is 3. The zero-order valence-corrected chi connectivity index (χ0v) is 15.7. The molecule has 0 bridgehead atoms. The first kappa shape index (κ1) is 19.8. The van der Waals surface area contributed by atoms with Crippen molar-refractivity contribution in [2.24, 2.45) is 7.05 Å². The highest BCUT2D eigenvalue weighted by atomic mass is 16.5. The van der Waals surface area contributed by atoms with Gasteiger partial charge >= 0.3 is 5.97 Å². The number of esters is 1. The second-order valence-electron chi connectivity index (χ2n) is 6.00. The van der Waals surface area contributed by atoms with Crippen LogP contribution in [0.3, 0.4) is 0 Å². The van der Waals surface area contributed by atoms with Gasteiger partial charge in [-0.2, -0.15) is 4.98 Å². The maximum Gasteiger partial charge on any atom is 0.338 e. The number of rotatable bonds is 7. The summed E-state index contributed by atoms with van der Waals surface area (Å²) in [5.74, 6) is -0.656. The van der Waals surface area contributed by atoms with Gasteiger partial charge in [0.15, 0.2) is 13.2 Å². The highest BCUT2D eigenvalue weighted by Crippen LogP contribution is 2.14. The third-order valence-electron chi connectivity index (χ3n) is 3.79. The molecule has 0 aliphatic heterocycles. The lowest BCUT2D eigenvalue weighted by atomic mass is 10.2. The first-order valence-electron chi connectivity index (χ1n) is 8.57. The van der Waals surface area contributed by atoms with Gasteiger partial charge in [-0.1, -0.05) is 5.16 Å². The van der Waals surface area contributed by atoms with Crippen LogP contribution in [0.4, 0.5) is 0 Å². The van der Waals surface area contributed by atoms with Crippen molar-refractivity contribution >= 4 is 17.8 Å². The summed E-state index contributed by atoms with van der Waals surface area (Å²) in [6, 6.07) is 9.37. The molecule has 0 aliphatic carbocycles. The van der Waals surface area contributed by atoms with E-state index in [0.29, 0.717) is 23.2 Å². The Morgan fingerprint density at radius 1 is 1.17 bits per heavy atom. The number of amides is 2. The molecule has 0 aliphatic rings. The van der Waals surface area contributed by atoms with E-state index in [0.717, 1.165) is 0 Å². The number of aryl methyl sites for hydroxylation is 2. The lowest BCUT2D eigenvalue weighted by molar-refractivity contribution is -0.123. The summed E-state index contributed by atoms with van der Waals surface area (Å²) in [6.45, 7) is 1.22. The largest absolute Gasteiger partial charge is 0.485 e. The Hall–Kier alpha value is -3.95. The predicted molar refractivity (Wildman–Crippen MR) is 98.0 cm³/mol. The van der Waals surface area contributed by atoms with Crippen LogP contribution in [0.1, 0.15) is 32.6 Å². The first-order valence-corrected chi connectivity index (χ1v) is 8.57. The van der Waals surface area contributed by atoms with E-state index in [1.807, 2.05) is 0 Å². The fourth-order valence-corrected chi connectivity index (χ4v) is 2.37. The molecule has 0 unspecified atom stereocenters. The Bertz CT molecular complexity index is 1020. The van der Waals surface area contributed by atoms with Gasteiger partial charge in [-0.3, -0.25) is 14.9 Å². The number of imide groups is 1. The predicted octanol–water partition coefficient (Wildman–Crippen LogP) is 1.41. The van der Waals surface area contributed by atoms with Gasteiger partial charge in [0.1, 0.15) is 11.4 Å². The van der Waals surface area contributed by atoms with Crippen molar-refractivity contribution in [3.63, 3.8) is 0 Å². The van der Waals surface area contributed by atoms with Gasteiger partial charge in [0.2, 0.25) is 11.7 Å². The van der Waals surface area contributed by atoms with E-state index in [-0.39, 0.29) is 12.2 Å². The van der Waals surface area contributed by atoms with Crippen molar-refractivity contribution in [2.45, 2.75) is 13.5 Å². The molecule has 10 nitrogen and oxygen atoms in total. The van der Waals surface area contributed by atoms with Gasteiger partial charge in [0.05, 0.1) is 5.56 Å². The quantitative estimate of drug-likeness (QED) is 0.592. The van der Waals surface area contributed by atoms with E-state index in [2.05, 4.69) is 15.5 Å². The molecule has 1 N–H and O–H groups in total. The summed E-state index contributed by atoms with van der Waals surface area (Å²) in [5.41, 5.74) is 0.547. The molecule has 0 saturated heterocycles. The summed E-state index contributed by atoms with van der Waals surface area (Å²) in [4.78, 5) is 39.8. The molecule has 1 aromatic carbocycles. The van der Waals surface area contributed by atoms with Gasteiger partial charge in [-0.05, 0) is 36.4 Å². The fraction of sp³-hybridized carbons (Fsp3) is 0.211. The average molecular weight is 398 g/mol. The third-order valence-corrected chi connectivity index (χ3v) is 3.79. The number of aromatic nitrogens is 3. The molecule has 2 amide bonds. The Kier molecular flexibility index (Phi) is 6.03. The molecule has 0 saturated carbocycles. The van der Waals surface area contributed by atoms with Crippen molar-refractivity contribution in [1.82, 2.24) is 20.0 Å². The molecule has 3 aromatic rings. The maximum atomic E-state index is 12.0. The average Bonchev–Trinajstić information content (AvgIpc) is 3.32. The van der Waals surface area contributed by atoms with Crippen molar-refractivity contribution in [1.29, 1.82) is 0 Å². The molecule has 150 valence electrons. The molecule has 10 heteroatoms. The highest BCUT2D eigenvalue weighted by Gasteiger charge is 2.15. The molecule has 0 radical (unpaired) electrons. The van der Waals surface area contributed by atoms with Crippen LogP contribution >= 0.6 is 0 Å². The zero-order chi connectivity index (χ0) is 20.8. The van der Waals surface area contributed by atoms with Crippen molar-refractivity contribution in [3.8, 4) is 5.75 Å². The second-order valence-corrected chi connectivity index (χ2v) is 6.00. The Labute approximate surface area is 165 Å². The minimum Gasteiger partial charge on any atom is -0.485 e. The van der Waals surface area contributed by atoms with Crippen LogP contribution in [0.15, 0.2) is 47.1 Å². The SMILES string of the molecule is Cc1nc(COc2ccc(C(=O)OCC(=O)NC(=O)c3cccn3C)cc2)no1. The molecule has 0 spiro atoms.